The first kappa shape index (κ1) is 16.1. The van der Waals surface area contributed by atoms with Gasteiger partial charge in [-0.15, -0.1) is 0 Å². The van der Waals surface area contributed by atoms with Crippen LogP contribution >= 0.6 is 0 Å². The number of pyridine rings is 1. The zero-order chi connectivity index (χ0) is 16.3. The quantitative estimate of drug-likeness (QED) is 0.914. The molecule has 116 valence electrons. The van der Waals surface area contributed by atoms with Gasteiger partial charge >= 0.3 is 0 Å². The van der Waals surface area contributed by atoms with Crippen molar-refractivity contribution in [3.63, 3.8) is 0 Å². The van der Waals surface area contributed by atoms with Crippen LogP contribution in [0.25, 0.3) is 0 Å². The van der Waals surface area contributed by atoms with E-state index in [-0.39, 0.29) is 5.91 Å². The Kier molecular flexibility index (Phi) is 4.56. The maximum atomic E-state index is 13.3. The molecule has 0 radical (unpaired) electrons. The summed E-state index contributed by atoms with van der Waals surface area (Å²) in [5.41, 5.74) is 0.728. The Morgan fingerprint density at radius 2 is 2.05 bits per heavy atom. The summed E-state index contributed by atoms with van der Waals surface area (Å²) in [6, 6.07) is 7.34. The molecule has 1 amide bonds. The van der Waals surface area contributed by atoms with Crippen molar-refractivity contribution in [1.82, 2.24) is 4.98 Å². The Morgan fingerprint density at radius 3 is 2.68 bits per heavy atom. The Morgan fingerprint density at radius 1 is 1.32 bits per heavy atom. The van der Waals surface area contributed by atoms with Gasteiger partial charge in [-0.25, -0.2) is 4.39 Å². The van der Waals surface area contributed by atoms with Crippen molar-refractivity contribution in [1.29, 1.82) is 0 Å². The van der Waals surface area contributed by atoms with Crippen LogP contribution in [0.1, 0.15) is 38.0 Å². The van der Waals surface area contributed by atoms with Crippen LogP contribution in [0, 0.1) is 11.2 Å². The van der Waals surface area contributed by atoms with Crippen LogP contribution in [0.4, 0.5) is 10.1 Å². The lowest BCUT2D eigenvalue weighted by atomic mass is 9.95. The summed E-state index contributed by atoms with van der Waals surface area (Å²) >= 11 is 0. The summed E-state index contributed by atoms with van der Waals surface area (Å²) < 4.78 is 13.3. The molecule has 0 bridgehead atoms. The number of amides is 1. The van der Waals surface area contributed by atoms with Crippen LogP contribution in [0.15, 0.2) is 42.7 Å². The molecule has 2 aromatic rings. The van der Waals surface area contributed by atoms with Gasteiger partial charge < -0.3 is 10.4 Å². The summed E-state index contributed by atoms with van der Waals surface area (Å²) in [7, 11) is 0. The average molecular weight is 302 g/mol. The van der Waals surface area contributed by atoms with Crippen LogP contribution in [0.3, 0.4) is 0 Å². The van der Waals surface area contributed by atoms with Crippen LogP contribution in [0.2, 0.25) is 0 Å². The van der Waals surface area contributed by atoms with Crippen molar-refractivity contribution < 1.29 is 14.3 Å². The van der Waals surface area contributed by atoms with Gasteiger partial charge in [0, 0.05) is 17.2 Å². The molecule has 1 heterocycles. The van der Waals surface area contributed by atoms with E-state index in [2.05, 4.69) is 10.3 Å². The lowest BCUT2D eigenvalue weighted by molar-refractivity contribution is -0.123. The molecule has 22 heavy (non-hydrogen) atoms. The molecular formula is C17H19FN2O2. The van der Waals surface area contributed by atoms with Gasteiger partial charge in [0.1, 0.15) is 11.9 Å². The minimum absolute atomic E-state index is 0.187. The largest absolute Gasteiger partial charge is 0.384 e. The first-order valence-electron chi connectivity index (χ1n) is 6.98. The van der Waals surface area contributed by atoms with Crippen molar-refractivity contribution in [3.8, 4) is 0 Å². The highest BCUT2D eigenvalue weighted by Gasteiger charge is 2.23. The third-order valence-electron chi connectivity index (χ3n) is 3.24. The monoisotopic (exact) mass is 302 g/mol. The molecule has 0 aliphatic heterocycles. The second-order valence-electron chi connectivity index (χ2n) is 6.12. The van der Waals surface area contributed by atoms with Crippen LogP contribution in [0.5, 0.6) is 0 Å². The van der Waals surface area contributed by atoms with E-state index in [0.29, 0.717) is 16.8 Å². The number of hydrogen-bond donors (Lipinski definition) is 2. The number of aliphatic hydroxyl groups is 1. The van der Waals surface area contributed by atoms with Gasteiger partial charge in [-0.3, -0.25) is 9.78 Å². The molecule has 1 unspecified atom stereocenters. The van der Waals surface area contributed by atoms with Crippen molar-refractivity contribution in [2.75, 3.05) is 5.32 Å². The van der Waals surface area contributed by atoms with Gasteiger partial charge in [0.05, 0.1) is 11.9 Å². The number of rotatable bonds is 3. The van der Waals surface area contributed by atoms with E-state index in [4.69, 9.17) is 0 Å². The Bertz CT molecular complexity index is 680. The number of aliphatic hydroxyl groups excluding tert-OH is 1. The third kappa shape index (κ3) is 3.68. The predicted octanol–water partition coefficient (Wildman–Crippen LogP) is 3.29. The lowest BCUT2D eigenvalue weighted by Gasteiger charge is -2.21. The van der Waals surface area contributed by atoms with Crippen LogP contribution < -0.4 is 5.32 Å². The second kappa shape index (κ2) is 6.23. The number of benzene rings is 1. The first-order valence-corrected chi connectivity index (χ1v) is 6.98. The Balaban J connectivity index is 2.34. The van der Waals surface area contributed by atoms with E-state index in [0.717, 1.165) is 0 Å². The fourth-order valence-corrected chi connectivity index (χ4v) is 1.91. The summed E-state index contributed by atoms with van der Waals surface area (Å²) in [4.78, 5) is 16.1. The molecule has 1 aromatic heterocycles. The second-order valence-corrected chi connectivity index (χ2v) is 6.12. The van der Waals surface area contributed by atoms with Crippen molar-refractivity contribution >= 4 is 11.6 Å². The molecule has 4 nitrogen and oxygen atoms in total. The Labute approximate surface area is 129 Å². The number of carbonyl (C=O) groups excluding carboxylic acids is 1. The standard InChI is InChI=1S/C17H19FN2O2/c1-17(2,3)16(22)20-14-10-19-8-7-13(14)15(21)11-5-4-6-12(18)9-11/h4-10,15,21H,1-3H3,(H,20,22). The number of carbonyl (C=O) groups is 1. The van der Waals surface area contributed by atoms with Gasteiger partial charge in [-0.1, -0.05) is 32.9 Å². The molecule has 0 fully saturated rings. The van der Waals surface area contributed by atoms with Gasteiger partial charge in [0.2, 0.25) is 5.91 Å². The van der Waals surface area contributed by atoms with E-state index < -0.39 is 17.3 Å². The minimum atomic E-state index is -1.05. The molecular weight excluding hydrogens is 283 g/mol. The molecule has 5 heteroatoms. The molecule has 0 saturated carbocycles. The van der Waals surface area contributed by atoms with E-state index in [1.807, 2.05) is 0 Å². The van der Waals surface area contributed by atoms with E-state index in [1.54, 1.807) is 32.9 Å². The lowest BCUT2D eigenvalue weighted by Crippen LogP contribution is -2.28. The summed E-state index contributed by atoms with van der Waals surface area (Å²) in [6.45, 7) is 5.38. The fraction of sp³-hybridized carbons (Fsp3) is 0.294. The zero-order valence-corrected chi connectivity index (χ0v) is 12.8. The van der Waals surface area contributed by atoms with E-state index >= 15 is 0 Å². The number of nitrogens with zero attached hydrogens (tertiary/aromatic N) is 1. The van der Waals surface area contributed by atoms with Crippen molar-refractivity contribution in [2.45, 2.75) is 26.9 Å². The number of hydrogen-bond acceptors (Lipinski definition) is 3. The summed E-state index contributed by atoms with van der Waals surface area (Å²) in [5, 5.41) is 13.2. The topological polar surface area (TPSA) is 62.2 Å². The SMILES string of the molecule is CC(C)(C)C(=O)Nc1cnccc1C(O)c1cccc(F)c1. The summed E-state index contributed by atoms with van der Waals surface area (Å²) in [5.74, 6) is -0.612. The highest BCUT2D eigenvalue weighted by atomic mass is 19.1. The Hall–Kier alpha value is -2.27. The molecule has 1 atom stereocenters. The number of nitrogens with one attached hydrogen (secondary N) is 1. The number of anilines is 1. The average Bonchev–Trinajstić information content (AvgIpc) is 2.46. The van der Waals surface area contributed by atoms with Crippen molar-refractivity contribution in [2.24, 2.45) is 5.41 Å². The number of halogens is 1. The highest BCUT2D eigenvalue weighted by Crippen LogP contribution is 2.29. The normalized spacial score (nSPS) is 12.8. The number of aromatic nitrogens is 1. The first-order chi connectivity index (χ1) is 10.3. The van der Waals surface area contributed by atoms with Gasteiger partial charge in [-0.2, -0.15) is 0 Å². The molecule has 2 rings (SSSR count). The molecule has 0 aliphatic carbocycles. The molecule has 0 spiro atoms. The zero-order valence-electron chi connectivity index (χ0n) is 12.8. The molecule has 0 aliphatic rings. The van der Waals surface area contributed by atoms with Gasteiger partial charge in [0.25, 0.3) is 0 Å². The van der Waals surface area contributed by atoms with Gasteiger partial charge in [-0.05, 0) is 23.8 Å². The molecule has 2 N–H and O–H groups in total. The smallest absolute Gasteiger partial charge is 0.229 e. The molecule has 1 aromatic carbocycles. The highest BCUT2D eigenvalue weighted by molar-refractivity contribution is 5.95. The molecule has 0 saturated heterocycles. The van der Waals surface area contributed by atoms with Crippen LogP contribution in [-0.2, 0) is 4.79 Å². The predicted molar refractivity (Wildman–Crippen MR) is 82.8 cm³/mol. The van der Waals surface area contributed by atoms with E-state index in [1.165, 1.54) is 30.6 Å². The van der Waals surface area contributed by atoms with Crippen LogP contribution in [-0.4, -0.2) is 16.0 Å². The fourth-order valence-electron chi connectivity index (χ4n) is 1.91. The maximum Gasteiger partial charge on any atom is 0.229 e. The maximum absolute atomic E-state index is 13.3. The summed E-state index contributed by atoms with van der Waals surface area (Å²) in [6.07, 6.45) is 1.94. The van der Waals surface area contributed by atoms with Crippen molar-refractivity contribution in [3.05, 3.63) is 59.7 Å². The van der Waals surface area contributed by atoms with Gasteiger partial charge in [0.15, 0.2) is 0 Å². The minimum Gasteiger partial charge on any atom is -0.384 e. The third-order valence-corrected chi connectivity index (χ3v) is 3.24. The van der Waals surface area contributed by atoms with E-state index in [9.17, 15) is 14.3 Å².